The van der Waals surface area contributed by atoms with Crippen molar-refractivity contribution in [3.63, 3.8) is 0 Å². The van der Waals surface area contributed by atoms with Crippen LogP contribution in [0.3, 0.4) is 0 Å². The Bertz CT molecular complexity index is 537. The third kappa shape index (κ3) is 3.82. The number of rotatable bonds is 3. The van der Waals surface area contributed by atoms with Gasteiger partial charge in [-0.2, -0.15) is 0 Å². The van der Waals surface area contributed by atoms with Crippen LogP contribution in [0.2, 0.25) is 0 Å². The molecule has 1 N–H and O–H groups in total. The van der Waals surface area contributed by atoms with Crippen LogP contribution in [0.15, 0.2) is 24.3 Å². The van der Waals surface area contributed by atoms with Crippen LogP contribution in [0.4, 0.5) is 14.9 Å². The normalized spacial score (nSPS) is 25.0. The molecule has 1 aromatic rings. The highest BCUT2D eigenvalue weighted by Crippen LogP contribution is 2.29. The van der Waals surface area contributed by atoms with Crippen LogP contribution in [0, 0.1) is 5.82 Å². The first-order valence-electron chi connectivity index (χ1n) is 8.23. The summed E-state index contributed by atoms with van der Waals surface area (Å²) in [6, 6.07) is 6.69. The summed E-state index contributed by atoms with van der Waals surface area (Å²) in [5, 5.41) is 2.86. The number of hydrogen-bond acceptors (Lipinski definition) is 3. The van der Waals surface area contributed by atoms with Gasteiger partial charge in [-0.25, -0.2) is 9.18 Å². The Balaban J connectivity index is 1.58. The zero-order valence-corrected chi connectivity index (χ0v) is 13.5. The molecule has 126 valence electrons. The average molecular weight is 321 g/mol. The van der Waals surface area contributed by atoms with E-state index in [0.29, 0.717) is 17.8 Å². The number of fused-ring (bicyclic) bond motifs is 1. The molecule has 2 amide bonds. The van der Waals surface area contributed by atoms with Crippen molar-refractivity contribution >= 4 is 11.7 Å². The molecule has 2 saturated heterocycles. The quantitative estimate of drug-likeness (QED) is 0.930. The van der Waals surface area contributed by atoms with E-state index >= 15 is 0 Å². The Morgan fingerprint density at radius 3 is 2.78 bits per heavy atom. The van der Waals surface area contributed by atoms with E-state index in [1.165, 1.54) is 12.1 Å². The highest BCUT2D eigenvalue weighted by molar-refractivity contribution is 5.89. The number of benzene rings is 1. The van der Waals surface area contributed by atoms with Gasteiger partial charge in [-0.1, -0.05) is 0 Å². The molecule has 2 heterocycles. The van der Waals surface area contributed by atoms with Crippen LogP contribution in [0.1, 0.15) is 19.3 Å². The molecule has 0 unspecified atom stereocenters. The lowest BCUT2D eigenvalue weighted by atomic mass is 9.91. The monoisotopic (exact) mass is 321 g/mol. The molecule has 0 bridgehead atoms. The molecule has 23 heavy (non-hydrogen) atoms. The highest BCUT2D eigenvalue weighted by atomic mass is 19.1. The topological polar surface area (TPSA) is 44.8 Å². The lowest BCUT2D eigenvalue weighted by molar-refractivity contribution is -0.0434. The van der Waals surface area contributed by atoms with Crippen molar-refractivity contribution in [1.29, 1.82) is 0 Å². The molecule has 2 fully saturated rings. The minimum atomic E-state index is -0.302. The van der Waals surface area contributed by atoms with Crippen LogP contribution in [0.5, 0.6) is 0 Å². The summed E-state index contributed by atoms with van der Waals surface area (Å²) in [6.45, 7) is 3.37. The Morgan fingerprint density at radius 2 is 2.04 bits per heavy atom. The third-order valence-corrected chi connectivity index (χ3v) is 4.75. The molecule has 2 aliphatic heterocycles. The summed E-state index contributed by atoms with van der Waals surface area (Å²) in [5.41, 5.74) is 0.626. The van der Waals surface area contributed by atoms with E-state index < -0.39 is 0 Å². The Kier molecular flexibility index (Phi) is 5.13. The van der Waals surface area contributed by atoms with Gasteiger partial charge >= 0.3 is 6.03 Å². The summed E-state index contributed by atoms with van der Waals surface area (Å²) in [5.74, 6) is -0.302. The summed E-state index contributed by atoms with van der Waals surface area (Å²) < 4.78 is 18.2. The van der Waals surface area contributed by atoms with Crippen LogP contribution in [-0.2, 0) is 4.74 Å². The van der Waals surface area contributed by atoms with Crippen molar-refractivity contribution in [3.05, 3.63) is 30.1 Å². The average Bonchev–Trinajstić information content (AvgIpc) is 2.51. The Hall–Kier alpha value is -1.66. The van der Waals surface area contributed by atoms with Crippen LogP contribution in [0.25, 0.3) is 0 Å². The third-order valence-electron chi connectivity index (χ3n) is 4.75. The lowest BCUT2D eigenvalue weighted by Crippen LogP contribution is -2.63. The molecule has 0 spiro atoms. The van der Waals surface area contributed by atoms with Gasteiger partial charge in [0.25, 0.3) is 0 Å². The van der Waals surface area contributed by atoms with E-state index in [4.69, 9.17) is 4.74 Å². The minimum absolute atomic E-state index is 0.103. The summed E-state index contributed by atoms with van der Waals surface area (Å²) in [4.78, 5) is 16.8. The second-order valence-corrected chi connectivity index (χ2v) is 6.33. The van der Waals surface area contributed by atoms with Gasteiger partial charge in [-0.15, -0.1) is 0 Å². The highest BCUT2D eigenvalue weighted by Gasteiger charge is 2.40. The molecule has 2 aliphatic rings. The van der Waals surface area contributed by atoms with Crippen molar-refractivity contribution in [3.8, 4) is 0 Å². The number of anilines is 1. The van der Waals surface area contributed by atoms with Crippen molar-refractivity contribution < 1.29 is 13.9 Å². The van der Waals surface area contributed by atoms with E-state index in [1.807, 2.05) is 4.90 Å². The first kappa shape index (κ1) is 16.2. The molecule has 0 radical (unpaired) electrons. The molecular weight excluding hydrogens is 297 g/mol. The summed E-state index contributed by atoms with van der Waals surface area (Å²) in [6.07, 6.45) is 3.17. The number of hydrogen-bond donors (Lipinski definition) is 1. The van der Waals surface area contributed by atoms with E-state index in [2.05, 4.69) is 10.2 Å². The van der Waals surface area contributed by atoms with Crippen molar-refractivity contribution in [2.75, 3.05) is 38.7 Å². The van der Waals surface area contributed by atoms with Crippen LogP contribution < -0.4 is 5.32 Å². The molecular formula is C17H24FN3O2. The van der Waals surface area contributed by atoms with Gasteiger partial charge in [-0.05, 0) is 50.1 Å². The number of methoxy groups -OCH3 is 1. The number of nitrogens with one attached hydrogen (secondary N) is 1. The fourth-order valence-corrected chi connectivity index (χ4v) is 3.51. The minimum Gasteiger partial charge on any atom is -0.383 e. The number of ether oxygens (including phenoxy) is 1. The van der Waals surface area contributed by atoms with Crippen molar-refractivity contribution in [2.24, 2.45) is 0 Å². The Morgan fingerprint density at radius 1 is 1.30 bits per heavy atom. The summed E-state index contributed by atoms with van der Waals surface area (Å²) >= 11 is 0. The summed E-state index contributed by atoms with van der Waals surface area (Å²) in [7, 11) is 1.74. The number of carbonyl (C=O) groups is 1. The van der Waals surface area contributed by atoms with Crippen molar-refractivity contribution in [1.82, 2.24) is 9.80 Å². The maximum Gasteiger partial charge on any atom is 0.321 e. The molecule has 0 aliphatic carbocycles. The molecule has 5 nitrogen and oxygen atoms in total. The molecule has 0 aromatic heterocycles. The fraction of sp³-hybridized carbons (Fsp3) is 0.588. The number of amides is 2. The van der Waals surface area contributed by atoms with Gasteiger partial charge in [0.05, 0.1) is 6.61 Å². The van der Waals surface area contributed by atoms with Gasteiger partial charge in [0.15, 0.2) is 0 Å². The second kappa shape index (κ2) is 7.27. The number of nitrogens with zero attached hydrogens (tertiary/aromatic N) is 2. The van der Waals surface area contributed by atoms with Gasteiger partial charge in [0, 0.05) is 38.0 Å². The van der Waals surface area contributed by atoms with E-state index in [-0.39, 0.29) is 11.8 Å². The largest absolute Gasteiger partial charge is 0.383 e. The fourth-order valence-electron chi connectivity index (χ4n) is 3.51. The van der Waals surface area contributed by atoms with Gasteiger partial charge in [0.2, 0.25) is 0 Å². The van der Waals surface area contributed by atoms with Crippen LogP contribution in [-0.4, -0.2) is 61.3 Å². The number of halogens is 1. The standard InChI is InChI=1S/C17H24FN3O2/c1-23-12-16-10-15-11-20(8-2-3-9-21(15)16)17(22)19-14-6-4-13(18)5-7-14/h4-7,15-16H,2-3,8-12H2,1H3,(H,19,22)/t15-,16+/m1/s1. The number of urea groups is 1. The molecule has 3 rings (SSSR count). The van der Waals surface area contributed by atoms with Crippen LogP contribution >= 0.6 is 0 Å². The van der Waals surface area contributed by atoms with E-state index in [9.17, 15) is 9.18 Å². The molecule has 0 saturated carbocycles. The van der Waals surface area contributed by atoms with Gasteiger partial charge in [-0.3, -0.25) is 4.90 Å². The van der Waals surface area contributed by atoms with E-state index in [0.717, 1.165) is 45.5 Å². The maximum absolute atomic E-state index is 12.9. The SMILES string of the molecule is COC[C@@H]1C[C@@H]2CN(C(=O)Nc3ccc(F)cc3)CCCCN12. The van der Waals surface area contributed by atoms with Gasteiger partial charge < -0.3 is 15.0 Å². The first-order valence-corrected chi connectivity index (χ1v) is 8.23. The molecule has 6 heteroatoms. The predicted octanol–water partition coefficient (Wildman–Crippen LogP) is 2.54. The molecule has 1 aromatic carbocycles. The predicted molar refractivity (Wildman–Crippen MR) is 87.0 cm³/mol. The first-order chi connectivity index (χ1) is 11.2. The Labute approximate surface area is 136 Å². The van der Waals surface area contributed by atoms with Gasteiger partial charge in [0.1, 0.15) is 5.82 Å². The van der Waals surface area contributed by atoms with Crippen molar-refractivity contribution in [2.45, 2.75) is 31.3 Å². The lowest BCUT2D eigenvalue weighted by Gasteiger charge is -2.51. The van der Waals surface area contributed by atoms with E-state index in [1.54, 1.807) is 19.2 Å². The zero-order chi connectivity index (χ0) is 16.2. The number of carbonyl (C=O) groups excluding carboxylic acids is 1. The molecule has 2 atom stereocenters. The smallest absolute Gasteiger partial charge is 0.321 e. The zero-order valence-electron chi connectivity index (χ0n) is 13.5. The second-order valence-electron chi connectivity index (χ2n) is 6.33. The maximum atomic E-state index is 12.9.